The highest BCUT2D eigenvalue weighted by atomic mass is 35.5. The van der Waals surface area contributed by atoms with Gasteiger partial charge in [-0.05, 0) is 37.0 Å². The van der Waals surface area contributed by atoms with Gasteiger partial charge in [0, 0.05) is 23.5 Å². The van der Waals surface area contributed by atoms with E-state index in [1.165, 1.54) is 0 Å². The number of rotatable bonds is 6. The summed E-state index contributed by atoms with van der Waals surface area (Å²) in [6.07, 6.45) is 2.60. The molecule has 1 aliphatic rings. The van der Waals surface area contributed by atoms with Gasteiger partial charge in [0.2, 0.25) is 0 Å². The van der Waals surface area contributed by atoms with Crippen LogP contribution in [0.15, 0.2) is 24.3 Å². The van der Waals surface area contributed by atoms with Crippen LogP contribution < -0.4 is 0 Å². The largest absolute Gasteiger partial charge is 0.359 e. The smallest absolute Gasteiger partial charge is 0.146 e. The highest BCUT2D eigenvalue weighted by molar-refractivity contribution is 6.30. The molecule has 1 saturated carbocycles. The average molecular weight is 297 g/mol. The Morgan fingerprint density at radius 2 is 2.05 bits per heavy atom. The number of benzene rings is 1. The molecule has 1 fully saturated rings. The van der Waals surface area contributed by atoms with E-state index in [0.717, 1.165) is 29.8 Å². The number of hydrogen-bond donors (Lipinski definition) is 0. The number of ketones is 1. The van der Waals surface area contributed by atoms with Crippen LogP contribution >= 0.6 is 11.6 Å². The maximum absolute atomic E-state index is 12.5. The molecule has 0 saturated heterocycles. The lowest BCUT2D eigenvalue weighted by atomic mass is 9.86. The van der Waals surface area contributed by atoms with E-state index in [-0.39, 0.29) is 18.1 Å². The molecule has 4 heteroatoms. The number of carbonyl (C=O) groups is 1. The van der Waals surface area contributed by atoms with Crippen LogP contribution in [0.25, 0.3) is 0 Å². The molecule has 2 atom stereocenters. The quantitative estimate of drug-likeness (QED) is 0.595. The van der Waals surface area contributed by atoms with Gasteiger partial charge < -0.3 is 9.47 Å². The topological polar surface area (TPSA) is 35.5 Å². The second-order valence-electron chi connectivity index (χ2n) is 5.75. The Kier molecular flexibility index (Phi) is 5.19. The molecule has 20 heavy (non-hydrogen) atoms. The number of halogens is 1. The van der Waals surface area contributed by atoms with Crippen molar-refractivity contribution >= 4 is 17.4 Å². The van der Waals surface area contributed by atoms with Gasteiger partial charge in [0.1, 0.15) is 12.6 Å². The van der Waals surface area contributed by atoms with Crippen LogP contribution in [-0.2, 0) is 20.7 Å². The van der Waals surface area contributed by atoms with Crippen molar-refractivity contribution in [3.05, 3.63) is 34.9 Å². The molecule has 3 nitrogen and oxygen atoms in total. The van der Waals surface area contributed by atoms with E-state index in [0.29, 0.717) is 12.4 Å². The van der Waals surface area contributed by atoms with Gasteiger partial charge in [-0.25, -0.2) is 0 Å². The molecule has 0 radical (unpaired) electrons. The van der Waals surface area contributed by atoms with Gasteiger partial charge in [-0.1, -0.05) is 30.7 Å². The summed E-state index contributed by atoms with van der Waals surface area (Å²) in [4.78, 5) is 12.5. The van der Waals surface area contributed by atoms with Gasteiger partial charge in [-0.15, -0.1) is 0 Å². The second kappa shape index (κ2) is 6.70. The van der Waals surface area contributed by atoms with E-state index in [9.17, 15) is 4.79 Å². The third-order valence-corrected chi connectivity index (χ3v) is 4.28. The average Bonchev–Trinajstić information content (AvgIpc) is 2.71. The Morgan fingerprint density at radius 1 is 1.35 bits per heavy atom. The van der Waals surface area contributed by atoms with Gasteiger partial charge in [-0.2, -0.15) is 0 Å². The van der Waals surface area contributed by atoms with E-state index in [4.69, 9.17) is 21.1 Å². The Balaban J connectivity index is 1.95. The molecule has 0 heterocycles. The van der Waals surface area contributed by atoms with Crippen molar-refractivity contribution in [1.82, 2.24) is 0 Å². The molecule has 1 aliphatic carbocycles. The molecule has 0 N–H and O–H groups in total. The monoisotopic (exact) mass is 296 g/mol. The first kappa shape index (κ1) is 15.5. The van der Waals surface area contributed by atoms with E-state index in [1.54, 1.807) is 7.11 Å². The Hall–Kier alpha value is -0.900. The van der Waals surface area contributed by atoms with Crippen molar-refractivity contribution in [3.63, 3.8) is 0 Å². The minimum atomic E-state index is -0.365. The van der Waals surface area contributed by atoms with Crippen LogP contribution in [-0.4, -0.2) is 26.3 Å². The Morgan fingerprint density at radius 3 is 2.70 bits per heavy atom. The standard InChI is InChI=1S/C16H21ClO3/c1-16(10-20-11-19-2)8-7-13(15(16)18)9-12-3-5-14(17)6-4-12/h3-6,13H,7-11H2,1-2H3. The van der Waals surface area contributed by atoms with Crippen molar-refractivity contribution in [2.75, 3.05) is 20.5 Å². The zero-order chi connectivity index (χ0) is 14.6. The van der Waals surface area contributed by atoms with Gasteiger partial charge >= 0.3 is 0 Å². The molecule has 0 aliphatic heterocycles. The first-order chi connectivity index (χ1) is 9.55. The lowest BCUT2D eigenvalue weighted by molar-refractivity contribution is -0.134. The van der Waals surface area contributed by atoms with Crippen molar-refractivity contribution in [1.29, 1.82) is 0 Å². The lowest BCUT2D eigenvalue weighted by Crippen LogP contribution is -2.31. The summed E-state index contributed by atoms with van der Waals surface area (Å²) in [5.41, 5.74) is 0.796. The maximum atomic E-state index is 12.5. The minimum Gasteiger partial charge on any atom is -0.359 e. The molecular weight excluding hydrogens is 276 g/mol. The van der Waals surface area contributed by atoms with Crippen LogP contribution in [0.4, 0.5) is 0 Å². The summed E-state index contributed by atoms with van der Waals surface area (Å²) in [5.74, 6) is 0.399. The van der Waals surface area contributed by atoms with Crippen molar-refractivity contribution < 1.29 is 14.3 Å². The van der Waals surface area contributed by atoms with Gasteiger partial charge in [0.15, 0.2) is 0 Å². The minimum absolute atomic E-state index is 0.0901. The van der Waals surface area contributed by atoms with E-state index in [1.807, 2.05) is 31.2 Å². The fourth-order valence-electron chi connectivity index (χ4n) is 2.83. The zero-order valence-corrected chi connectivity index (χ0v) is 12.8. The van der Waals surface area contributed by atoms with E-state index in [2.05, 4.69) is 0 Å². The highest BCUT2D eigenvalue weighted by Crippen LogP contribution is 2.39. The van der Waals surface area contributed by atoms with Crippen LogP contribution in [0.5, 0.6) is 0 Å². The van der Waals surface area contributed by atoms with Crippen molar-refractivity contribution in [3.8, 4) is 0 Å². The number of ether oxygens (including phenoxy) is 2. The second-order valence-corrected chi connectivity index (χ2v) is 6.18. The number of methoxy groups -OCH3 is 1. The van der Waals surface area contributed by atoms with Gasteiger partial charge in [-0.3, -0.25) is 4.79 Å². The first-order valence-electron chi connectivity index (χ1n) is 6.90. The van der Waals surface area contributed by atoms with Crippen molar-refractivity contribution in [2.45, 2.75) is 26.2 Å². The SMILES string of the molecule is COCOCC1(C)CCC(Cc2ccc(Cl)cc2)C1=O. The van der Waals surface area contributed by atoms with Crippen LogP contribution in [0.1, 0.15) is 25.3 Å². The first-order valence-corrected chi connectivity index (χ1v) is 7.28. The molecule has 2 unspecified atom stereocenters. The summed E-state index contributed by atoms with van der Waals surface area (Å²) in [6, 6.07) is 7.73. The summed E-state index contributed by atoms with van der Waals surface area (Å²) in [5, 5.41) is 0.726. The number of Topliss-reactive ketones (excluding diaryl/α,β-unsaturated/α-hetero) is 1. The molecule has 0 spiro atoms. The molecule has 2 rings (SSSR count). The fraction of sp³-hybridized carbons (Fsp3) is 0.562. The lowest BCUT2D eigenvalue weighted by Gasteiger charge is -2.22. The normalized spacial score (nSPS) is 26.1. The van der Waals surface area contributed by atoms with Gasteiger partial charge in [0.25, 0.3) is 0 Å². The third-order valence-electron chi connectivity index (χ3n) is 4.03. The van der Waals surface area contributed by atoms with Gasteiger partial charge in [0.05, 0.1) is 6.61 Å². The molecule has 0 bridgehead atoms. The predicted octanol–water partition coefficient (Wildman–Crippen LogP) is 3.49. The molecule has 0 aromatic heterocycles. The number of carbonyl (C=O) groups excluding carboxylic acids is 1. The molecule has 1 aromatic carbocycles. The summed E-state index contributed by atoms with van der Waals surface area (Å²) >= 11 is 5.88. The molecule has 1 aromatic rings. The van der Waals surface area contributed by atoms with Crippen LogP contribution in [0.3, 0.4) is 0 Å². The van der Waals surface area contributed by atoms with E-state index < -0.39 is 0 Å². The Bertz CT molecular complexity index is 457. The molecule has 0 amide bonds. The zero-order valence-electron chi connectivity index (χ0n) is 12.0. The molecular formula is C16H21ClO3. The Labute approximate surface area is 125 Å². The van der Waals surface area contributed by atoms with Crippen LogP contribution in [0.2, 0.25) is 5.02 Å². The maximum Gasteiger partial charge on any atom is 0.146 e. The summed E-state index contributed by atoms with van der Waals surface area (Å²) in [7, 11) is 1.59. The van der Waals surface area contributed by atoms with Crippen molar-refractivity contribution in [2.24, 2.45) is 11.3 Å². The fourth-order valence-corrected chi connectivity index (χ4v) is 2.96. The summed E-state index contributed by atoms with van der Waals surface area (Å²) < 4.78 is 10.3. The number of hydrogen-bond acceptors (Lipinski definition) is 3. The van der Waals surface area contributed by atoms with E-state index >= 15 is 0 Å². The summed E-state index contributed by atoms with van der Waals surface area (Å²) in [6.45, 7) is 2.67. The highest BCUT2D eigenvalue weighted by Gasteiger charge is 2.43. The third kappa shape index (κ3) is 3.60. The molecule has 110 valence electrons. The predicted molar refractivity (Wildman–Crippen MR) is 78.8 cm³/mol. The van der Waals surface area contributed by atoms with Crippen LogP contribution in [0, 0.1) is 11.3 Å².